The molecule has 158 valence electrons. The second-order valence-corrected chi connectivity index (χ2v) is 7.44. The van der Waals surface area contributed by atoms with Crippen LogP contribution in [0.1, 0.15) is 17.0 Å². The first kappa shape index (κ1) is 20.0. The van der Waals surface area contributed by atoms with Crippen LogP contribution in [0.2, 0.25) is 0 Å². The first-order valence-corrected chi connectivity index (χ1v) is 9.45. The van der Waals surface area contributed by atoms with E-state index in [9.17, 15) is 14.9 Å². The number of anilines is 1. The fraction of sp³-hybridized carbons (Fsp3) is 0.381. The van der Waals surface area contributed by atoms with E-state index in [0.717, 1.165) is 0 Å². The van der Waals surface area contributed by atoms with Crippen LogP contribution in [-0.2, 0) is 10.3 Å². The fourth-order valence-corrected chi connectivity index (χ4v) is 4.90. The number of hydrogen-bond acceptors (Lipinski definition) is 7. The molecule has 1 N–H and O–H groups in total. The van der Waals surface area contributed by atoms with Gasteiger partial charge in [0.05, 0.1) is 27.2 Å². The molecule has 2 aromatic rings. The van der Waals surface area contributed by atoms with Crippen LogP contribution in [0.3, 0.4) is 0 Å². The molecule has 2 aliphatic rings. The molecule has 2 heterocycles. The summed E-state index contributed by atoms with van der Waals surface area (Å²) in [5, 5.41) is 15.2. The minimum absolute atomic E-state index is 0.312. The molecule has 0 bridgehead atoms. The van der Waals surface area contributed by atoms with Crippen molar-refractivity contribution in [1.29, 1.82) is 0 Å². The van der Waals surface area contributed by atoms with E-state index >= 15 is 0 Å². The molecule has 0 aromatic heterocycles. The number of nitro groups is 1. The van der Waals surface area contributed by atoms with E-state index in [-0.39, 0.29) is 10.8 Å². The summed E-state index contributed by atoms with van der Waals surface area (Å²) in [6.07, 6.45) is 0. The van der Waals surface area contributed by atoms with Crippen LogP contribution in [0.4, 0.5) is 5.69 Å². The van der Waals surface area contributed by atoms with E-state index in [1.54, 1.807) is 48.3 Å². The molecule has 3 atom stereocenters. The molecule has 4 rings (SSSR count). The number of methoxy groups -OCH3 is 3. The van der Waals surface area contributed by atoms with Crippen LogP contribution in [0, 0.1) is 10.1 Å². The minimum atomic E-state index is -1.40. The molecular formula is C21H23N3O6. The zero-order chi connectivity index (χ0) is 21.6. The van der Waals surface area contributed by atoms with Crippen molar-refractivity contribution in [2.45, 2.75) is 17.5 Å². The summed E-state index contributed by atoms with van der Waals surface area (Å²) in [5.41, 5.74) is 0.471. The van der Waals surface area contributed by atoms with E-state index in [1.165, 1.54) is 21.3 Å². The lowest BCUT2D eigenvalue weighted by Crippen LogP contribution is -2.54. The summed E-state index contributed by atoms with van der Waals surface area (Å²) in [6.45, 7) is 0.312. The Hall–Kier alpha value is -3.33. The summed E-state index contributed by atoms with van der Waals surface area (Å²) in [4.78, 5) is 27.0. The number of ether oxygens (including phenoxy) is 3. The monoisotopic (exact) mass is 413 g/mol. The van der Waals surface area contributed by atoms with Crippen LogP contribution in [-0.4, -0.2) is 56.7 Å². The van der Waals surface area contributed by atoms with Gasteiger partial charge in [-0.3, -0.25) is 19.8 Å². The van der Waals surface area contributed by atoms with Crippen LogP contribution >= 0.6 is 0 Å². The quantitative estimate of drug-likeness (QED) is 0.592. The van der Waals surface area contributed by atoms with Gasteiger partial charge in [0.1, 0.15) is 0 Å². The summed E-state index contributed by atoms with van der Waals surface area (Å²) in [6, 6.07) is 9.36. The van der Waals surface area contributed by atoms with Crippen molar-refractivity contribution in [1.82, 2.24) is 4.90 Å². The van der Waals surface area contributed by atoms with Crippen molar-refractivity contribution in [3.05, 3.63) is 57.6 Å². The van der Waals surface area contributed by atoms with Crippen LogP contribution in [0.15, 0.2) is 36.4 Å². The largest absolute Gasteiger partial charge is 0.493 e. The van der Waals surface area contributed by atoms with Crippen LogP contribution in [0.25, 0.3) is 0 Å². The highest BCUT2D eigenvalue weighted by Gasteiger charge is 2.68. The van der Waals surface area contributed by atoms with Crippen molar-refractivity contribution in [3.8, 4) is 17.2 Å². The van der Waals surface area contributed by atoms with Gasteiger partial charge < -0.3 is 19.5 Å². The first-order valence-electron chi connectivity index (χ1n) is 9.45. The average molecular weight is 413 g/mol. The topological polar surface area (TPSA) is 103 Å². The van der Waals surface area contributed by atoms with E-state index in [0.29, 0.717) is 40.6 Å². The third kappa shape index (κ3) is 2.55. The molecular weight excluding hydrogens is 390 g/mol. The standard InChI is InChI=1S/C21H23N3O6/c1-23-11-13(12-9-16(28-2)18(30-4)17(10-12)29-3)19(24(26)27)21(23)14-7-5-6-8-15(14)22-20(21)25/h5-10,13,19H,11H2,1-4H3,(H,22,25)/t13-,19-,21-/m0/s1. The van der Waals surface area contributed by atoms with Gasteiger partial charge in [-0.25, -0.2) is 0 Å². The zero-order valence-corrected chi connectivity index (χ0v) is 17.2. The highest BCUT2D eigenvalue weighted by atomic mass is 16.6. The second-order valence-electron chi connectivity index (χ2n) is 7.44. The SMILES string of the molecule is COc1cc([C@@H]2CN(C)[C@]3(C(=O)Nc4ccccc43)[C@H]2[N+](=O)[O-])cc(OC)c1OC. The summed E-state index contributed by atoms with van der Waals surface area (Å²) < 4.78 is 16.2. The Morgan fingerprint density at radius 1 is 1.13 bits per heavy atom. The predicted molar refractivity (Wildman–Crippen MR) is 109 cm³/mol. The maximum atomic E-state index is 13.2. The van der Waals surface area contributed by atoms with Crippen molar-refractivity contribution in [2.75, 3.05) is 40.2 Å². The van der Waals surface area contributed by atoms with E-state index < -0.39 is 17.5 Å². The first-order chi connectivity index (χ1) is 14.4. The lowest BCUT2D eigenvalue weighted by molar-refractivity contribution is -0.534. The van der Waals surface area contributed by atoms with Crippen molar-refractivity contribution in [2.24, 2.45) is 0 Å². The molecule has 2 aliphatic heterocycles. The molecule has 0 aliphatic carbocycles. The van der Waals surface area contributed by atoms with Crippen LogP contribution < -0.4 is 19.5 Å². The number of nitrogens with zero attached hydrogens (tertiary/aromatic N) is 2. The normalized spacial score (nSPS) is 25.1. The number of rotatable bonds is 5. The molecule has 0 radical (unpaired) electrons. The number of para-hydroxylation sites is 1. The van der Waals surface area contributed by atoms with Crippen molar-refractivity contribution < 1.29 is 23.9 Å². The zero-order valence-electron chi connectivity index (χ0n) is 17.2. The highest BCUT2D eigenvalue weighted by molar-refractivity contribution is 6.06. The molecule has 1 spiro atoms. The summed E-state index contributed by atoms with van der Waals surface area (Å²) >= 11 is 0. The summed E-state index contributed by atoms with van der Waals surface area (Å²) in [5.74, 6) is 0.271. The van der Waals surface area contributed by atoms with E-state index in [1.807, 2.05) is 0 Å². The van der Waals surface area contributed by atoms with E-state index in [4.69, 9.17) is 14.2 Å². The molecule has 2 aromatic carbocycles. The van der Waals surface area contributed by atoms with Gasteiger partial charge in [-0.1, -0.05) is 18.2 Å². The van der Waals surface area contributed by atoms with Gasteiger partial charge in [0.2, 0.25) is 5.75 Å². The fourth-order valence-electron chi connectivity index (χ4n) is 4.90. The van der Waals surface area contributed by atoms with Gasteiger partial charge in [-0.15, -0.1) is 0 Å². The maximum absolute atomic E-state index is 13.2. The number of nitrogens with one attached hydrogen (secondary N) is 1. The Morgan fingerprint density at radius 3 is 2.33 bits per heavy atom. The van der Waals surface area contributed by atoms with Crippen molar-refractivity contribution >= 4 is 11.6 Å². The van der Waals surface area contributed by atoms with Gasteiger partial charge in [0.15, 0.2) is 17.0 Å². The third-order valence-electron chi connectivity index (χ3n) is 6.16. The molecule has 1 saturated heterocycles. The lowest BCUT2D eigenvalue weighted by Gasteiger charge is -2.30. The Kier molecular flexibility index (Phi) is 4.77. The van der Waals surface area contributed by atoms with Gasteiger partial charge in [0.25, 0.3) is 11.9 Å². The Morgan fingerprint density at radius 2 is 1.77 bits per heavy atom. The smallest absolute Gasteiger partial charge is 0.256 e. The number of carbonyl (C=O) groups excluding carboxylic acids is 1. The molecule has 9 nitrogen and oxygen atoms in total. The molecule has 9 heteroatoms. The molecule has 1 fully saturated rings. The highest BCUT2D eigenvalue weighted by Crippen LogP contribution is 2.53. The minimum Gasteiger partial charge on any atom is -0.493 e. The second kappa shape index (κ2) is 7.17. The number of amides is 1. The molecule has 1 amide bonds. The van der Waals surface area contributed by atoms with Gasteiger partial charge in [0, 0.05) is 22.7 Å². The predicted octanol–water partition coefficient (Wildman–Crippen LogP) is 2.23. The van der Waals surface area contributed by atoms with Crippen LogP contribution in [0.5, 0.6) is 17.2 Å². The van der Waals surface area contributed by atoms with Crippen molar-refractivity contribution in [3.63, 3.8) is 0 Å². The number of fused-ring (bicyclic) bond motifs is 2. The number of benzene rings is 2. The number of carbonyl (C=O) groups is 1. The maximum Gasteiger partial charge on any atom is 0.256 e. The van der Waals surface area contributed by atoms with E-state index in [2.05, 4.69) is 5.32 Å². The molecule has 0 unspecified atom stereocenters. The van der Waals surface area contributed by atoms with Gasteiger partial charge >= 0.3 is 0 Å². The number of hydrogen-bond donors (Lipinski definition) is 1. The van der Waals surface area contributed by atoms with Gasteiger partial charge in [-0.2, -0.15) is 0 Å². The Balaban J connectivity index is 1.90. The molecule has 30 heavy (non-hydrogen) atoms. The third-order valence-corrected chi connectivity index (χ3v) is 6.16. The number of likely N-dealkylation sites (tertiary alicyclic amines) is 1. The molecule has 0 saturated carbocycles. The Bertz CT molecular complexity index is 1000. The lowest BCUT2D eigenvalue weighted by atomic mass is 9.79. The van der Waals surface area contributed by atoms with Gasteiger partial charge in [-0.05, 0) is 30.8 Å². The summed E-state index contributed by atoms with van der Waals surface area (Å²) in [7, 11) is 6.23. The number of likely N-dealkylation sites (N-methyl/N-ethyl adjacent to an activating group) is 1. The Labute approximate surface area is 173 Å². The average Bonchev–Trinajstić information content (AvgIpc) is 3.22.